The number of anilines is 2. The number of aryl methyl sites for hydroxylation is 3. The Morgan fingerprint density at radius 1 is 0.929 bits per heavy atom. The molecule has 0 spiro atoms. The Kier molecular flexibility index (Phi) is 6.23. The van der Waals surface area contributed by atoms with E-state index in [-0.39, 0.29) is 5.56 Å². The Morgan fingerprint density at radius 2 is 1.61 bits per heavy atom. The second-order valence-electron chi connectivity index (χ2n) is 6.52. The molecule has 0 saturated carbocycles. The van der Waals surface area contributed by atoms with Crippen molar-refractivity contribution < 1.29 is 18.7 Å². The summed E-state index contributed by atoms with van der Waals surface area (Å²) in [6.45, 7) is 1.91. The van der Waals surface area contributed by atoms with E-state index < -0.39 is 17.2 Å². The Morgan fingerprint density at radius 3 is 2.25 bits per heavy atom. The first-order valence-electron chi connectivity index (χ1n) is 8.81. The Hall–Kier alpha value is -2.96. The highest BCUT2D eigenvalue weighted by atomic mass is 32.2. The van der Waals surface area contributed by atoms with Crippen LogP contribution in [-0.2, 0) is 24.1 Å². The molecule has 0 bridgehead atoms. The first-order valence-corrected chi connectivity index (χ1v) is 9.84. The number of carboxylic acids is 1. The lowest BCUT2D eigenvalue weighted by Crippen LogP contribution is -2.19. The summed E-state index contributed by atoms with van der Waals surface area (Å²) in [5.74, 6) is -0.937. The molecule has 0 fully saturated rings. The van der Waals surface area contributed by atoms with Crippen LogP contribution in [0.15, 0.2) is 72.8 Å². The number of aromatic carboxylic acids is 1. The summed E-state index contributed by atoms with van der Waals surface area (Å²) >= 11 is -2.43. The van der Waals surface area contributed by atoms with Gasteiger partial charge in [-0.2, -0.15) is 0 Å². The molecule has 0 aliphatic rings. The molecule has 28 heavy (non-hydrogen) atoms. The molecule has 1 atom stereocenters. The van der Waals surface area contributed by atoms with Gasteiger partial charge in [-0.15, -0.1) is 0 Å². The molecule has 6 heteroatoms. The van der Waals surface area contributed by atoms with Gasteiger partial charge >= 0.3 is 5.97 Å². The van der Waals surface area contributed by atoms with Crippen molar-refractivity contribution in [2.24, 2.45) is 0 Å². The molecule has 0 aliphatic carbocycles. The van der Waals surface area contributed by atoms with Crippen molar-refractivity contribution in [3.8, 4) is 0 Å². The van der Waals surface area contributed by atoms with Crippen LogP contribution in [0.1, 0.15) is 27.0 Å². The van der Waals surface area contributed by atoms with Crippen molar-refractivity contribution in [1.29, 1.82) is 0 Å². The van der Waals surface area contributed by atoms with Gasteiger partial charge < -0.3 is 9.66 Å². The minimum absolute atomic E-state index is 0.277. The first kappa shape index (κ1) is 19.8. The highest BCUT2D eigenvalue weighted by Gasteiger charge is 2.10. The summed E-state index contributed by atoms with van der Waals surface area (Å²) in [6.07, 6.45) is 1.43. The SMILES string of the molecule is Cc1cccc(N(c2ccc(CCc3cccc(C(=O)O)c3)cc2)S(=O)[O-])c1. The van der Waals surface area contributed by atoms with Crippen LogP contribution in [0.25, 0.3) is 0 Å². The molecule has 1 unspecified atom stereocenters. The molecular formula is C22H20NO4S-. The largest absolute Gasteiger partial charge is 0.755 e. The molecule has 0 aliphatic heterocycles. The van der Waals surface area contributed by atoms with Gasteiger partial charge in [0.15, 0.2) is 0 Å². The molecule has 3 rings (SSSR count). The van der Waals surface area contributed by atoms with E-state index in [1.54, 1.807) is 36.4 Å². The fourth-order valence-corrected chi connectivity index (χ4v) is 3.60. The van der Waals surface area contributed by atoms with Crippen LogP contribution in [0.4, 0.5) is 11.4 Å². The van der Waals surface area contributed by atoms with Gasteiger partial charge in [-0.1, -0.05) is 36.4 Å². The molecule has 3 aromatic carbocycles. The normalized spacial score (nSPS) is 11.8. The van der Waals surface area contributed by atoms with E-state index in [9.17, 15) is 13.6 Å². The van der Waals surface area contributed by atoms with Gasteiger partial charge in [0.05, 0.1) is 28.2 Å². The molecule has 0 heterocycles. The Balaban J connectivity index is 1.74. The lowest BCUT2D eigenvalue weighted by Gasteiger charge is -2.27. The van der Waals surface area contributed by atoms with Crippen LogP contribution in [0.3, 0.4) is 0 Å². The molecule has 0 amide bonds. The van der Waals surface area contributed by atoms with Crippen LogP contribution in [0, 0.1) is 6.92 Å². The zero-order valence-electron chi connectivity index (χ0n) is 15.4. The molecule has 0 saturated heterocycles. The molecule has 0 aromatic heterocycles. The third kappa shape index (κ3) is 4.85. The summed E-state index contributed by atoms with van der Waals surface area (Å²) in [5, 5.41) is 9.08. The first-order chi connectivity index (χ1) is 13.4. The number of hydrogen-bond acceptors (Lipinski definition) is 3. The van der Waals surface area contributed by atoms with Crippen LogP contribution in [0.2, 0.25) is 0 Å². The third-order valence-electron chi connectivity index (χ3n) is 4.43. The second kappa shape index (κ2) is 8.82. The predicted octanol–water partition coefficient (Wildman–Crippen LogP) is 4.41. The lowest BCUT2D eigenvalue weighted by atomic mass is 10.0. The minimum Gasteiger partial charge on any atom is -0.755 e. The zero-order chi connectivity index (χ0) is 20.1. The summed E-state index contributed by atoms with van der Waals surface area (Å²) in [5.41, 5.74) is 4.41. The van der Waals surface area contributed by atoms with Crippen LogP contribution in [0.5, 0.6) is 0 Å². The maximum atomic E-state index is 11.8. The van der Waals surface area contributed by atoms with E-state index in [4.69, 9.17) is 5.11 Å². The van der Waals surface area contributed by atoms with Crippen LogP contribution in [-0.4, -0.2) is 19.8 Å². The van der Waals surface area contributed by atoms with Crippen molar-refractivity contribution in [3.63, 3.8) is 0 Å². The number of hydrogen-bond donors (Lipinski definition) is 1. The van der Waals surface area contributed by atoms with E-state index in [0.717, 1.165) is 23.1 Å². The van der Waals surface area contributed by atoms with Gasteiger partial charge in [0.1, 0.15) is 0 Å². The quantitative estimate of drug-likeness (QED) is 0.602. The van der Waals surface area contributed by atoms with Crippen molar-refractivity contribution in [2.75, 3.05) is 4.31 Å². The van der Waals surface area contributed by atoms with Gasteiger partial charge in [-0.3, -0.25) is 8.51 Å². The third-order valence-corrected chi connectivity index (χ3v) is 5.15. The number of benzene rings is 3. The van der Waals surface area contributed by atoms with Gasteiger partial charge in [0, 0.05) is 0 Å². The van der Waals surface area contributed by atoms with Crippen molar-refractivity contribution in [3.05, 3.63) is 95.1 Å². The summed E-state index contributed by atoms with van der Waals surface area (Å²) < 4.78 is 24.8. The van der Waals surface area contributed by atoms with Crippen molar-refractivity contribution >= 4 is 28.6 Å². The number of carbonyl (C=O) groups is 1. The standard InChI is InChI=1S/C22H21NO4S/c1-16-4-2-7-21(14-16)23(28(26)27)20-12-10-17(11-13-20)8-9-18-5-3-6-19(15-18)22(24)25/h2-7,10-15H,8-9H2,1H3,(H,24,25)(H,26,27)/p-1. The molecule has 5 nitrogen and oxygen atoms in total. The summed E-state index contributed by atoms with van der Waals surface area (Å²) in [7, 11) is 0. The lowest BCUT2D eigenvalue weighted by molar-refractivity contribution is 0.0696. The van der Waals surface area contributed by atoms with E-state index in [0.29, 0.717) is 17.8 Å². The van der Waals surface area contributed by atoms with E-state index in [1.165, 1.54) is 4.31 Å². The van der Waals surface area contributed by atoms with Gasteiger partial charge in [0.25, 0.3) is 0 Å². The molecule has 144 valence electrons. The van der Waals surface area contributed by atoms with Gasteiger partial charge in [-0.25, -0.2) is 4.79 Å². The average molecular weight is 394 g/mol. The second-order valence-corrected chi connectivity index (χ2v) is 7.32. The van der Waals surface area contributed by atoms with Crippen molar-refractivity contribution in [1.82, 2.24) is 0 Å². The van der Waals surface area contributed by atoms with Crippen LogP contribution >= 0.6 is 0 Å². The van der Waals surface area contributed by atoms with Crippen molar-refractivity contribution in [2.45, 2.75) is 19.8 Å². The van der Waals surface area contributed by atoms with Crippen LogP contribution < -0.4 is 4.31 Å². The fourth-order valence-electron chi connectivity index (χ4n) is 3.02. The summed E-state index contributed by atoms with van der Waals surface area (Å²) in [6, 6.07) is 21.6. The summed E-state index contributed by atoms with van der Waals surface area (Å²) in [4.78, 5) is 11.1. The van der Waals surface area contributed by atoms with E-state index in [1.807, 2.05) is 43.3 Å². The molecule has 3 aromatic rings. The maximum absolute atomic E-state index is 11.8. The zero-order valence-corrected chi connectivity index (χ0v) is 16.2. The topological polar surface area (TPSA) is 80.7 Å². The molecule has 1 N–H and O–H groups in total. The molecular weight excluding hydrogens is 374 g/mol. The highest BCUT2D eigenvalue weighted by Crippen LogP contribution is 2.27. The predicted molar refractivity (Wildman–Crippen MR) is 109 cm³/mol. The number of nitrogens with zero attached hydrogens (tertiary/aromatic N) is 1. The number of carboxylic acid groups (broad SMARTS) is 1. The van der Waals surface area contributed by atoms with E-state index in [2.05, 4.69) is 0 Å². The number of rotatable bonds is 7. The fraction of sp³-hybridized carbons (Fsp3) is 0.136. The smallest absolute Gasteiger partial charge is 0.335 e. The van der Waals surface area contributed by atoms with E-state index >= 15 is 0 Å². The molecule has 0 radical (unpaired) electrons. The maximum Gasteiger partial charge on any atom is 0.335 e. The Bertz CT molecular complexity index is 1000. The minimum atomic E-state index is -2.43. The van der Waals surface area contributed by atoms with Gasteiger partial charge in [0.2, 0.25) is 0 Å². The van der Waals surface area contributed by atoms with Gasteiger partial charge in [-0.05, 0) is 72.9 Å². The highest BCUT2D eigenvalue weighted by molar-refractivity contribution is 7.81. The average Bonchev–Trinajstić information content (AvgIpc) is 2.67. The Labute approximate surface area is 166 Å². The monoisotopic (exact) mass is 394 g/mol.